The molecule has 0 unspecified atom stereocenters. The first-order valence-electron chi connectivity index (χ1n) is 5.92. The van der Waals surface area contributed by atoms with Gasteiger partial charge in [-0.25, -0.2) is 0 Å². The Morgan fingerprint density at radius 2 is 1.88 bits per heavy atom. The highest BCUT2D eigenvalue weighted by Gasteiger charge is 2.05. The molecule has 2 aromatic rings. The number of hydrogen-bond donors (Lipinski definition) is 1. The second kappa shape index (κ2) is 5.15. The average Bonchev–Trinajstić information content (AvgIpc) is 2.65. The molecule has 0 saturated carbocycles. The SMILES string of the molecule is CNCc1cnn(Cc2ccc(C)cc2)c1C. The molecule has 0 radical (unpaired) electrons. The Kier molecular flexibility index (Phi) is 3.59. The zero-order valence-corrected chi connectivity index (χ0v) is 10.7. The molecular weight excluding hydrogens is 210 g/mol. The van der Waals surface area contributed by atoms with Crippen molar-refractivity contribution in [2.45, 2.75) is 26.9 Å². The molecule has 17 heavy (non-hydrogen) atoms. The van der Waals surface area contributed by atoms with Gasteiger partial charge in [-0.15, -0.1) is 0 Å². The standard InChI is InChI=1S/C14H19N3/c1-11-4-6-13(7-5-11)10-17-12(2)14(8-15-3)9-16-17/h4-7,9,15H,8,10H2,1-3H3. The molecule has 0 aliphatic heterocycles. The zero-order chi connectivity index (χ0) is 12.3. The van der Waals surface area contributed by atoms with E-state index in [2.05, 4.69) is 53.2 Å². The molecule has 0 bridgehead atoms. The van der Waals surface area contributed by atoms with Crippen molar-refractivity contribution in [2.75, 3.05) is 7.05 Å². The monoisotopic (exact) mass is 229 g/mol. The Hall–Kier alpha value is -1.61. The number of nitrogens with one attached hydrogen (secondary N) is 1. The van der Waals surface area contributed by atoms with Crippen LogP contribution in [0.4, 0.5) is 0 Å². The maximum atomic E-state index is 4.43. The van der Waals surface area contributed by atoms with Gasteiger partial charge >= 0.3 is 0 Å². The van der Waals surface area contributed by atoms with Crippen LogP contribution >= 0.6 is 0 Å². The van der Waals surface area contributed by atoms with Crippen molar-refractivity contribution >= 4 is 0 Å². The van der Waals surface area contributed by atoms with Gasteiger partial charge in [-0.1, -0.05) is 29.8 Å². The molecule has 0 amide bonds. The van der Waals surface area contributed by atoms with Crippen molar-refractivity contribution < 1.29 is 0 Å². The molecule has 3 nitrogen and oxygen atoms in total. The van der Waals surface area contributed by atoms with Gasteiger partial charge in [0.25, 0.3) is 0 Å². The summed E-state index contributed by atoms with van der Waals surface area (Å²) in [5.74, 6) is 0. The fraction of sp³-hybridized carbons (Fsp3) is 0.357. The number of hydrogen-bond acceptors (Lipinski definition) is 2. The van der Waals surface area contributed by atoms with E-state index in [-0.39, 0.29) is 0 Å². The molecule has 0 saturated heterocycles. The summed E-state index contributed by atoms with van der Waals surface area (Å²) in [4.78, 5) is 0. The quantitative estimate of drug-likeness (QED) is 0.871. The number of aryl methyl sites for hydroxylation is 1. The summed E-state index contributed by atoms with van der Waals surface area (Å²) in [6.45, 7) is 5.94. The third kappa shape index (κ3) is 2.74. The van der Waals surface area contributed by atoms with E-state index >= 15 is 0 Å². The third-order valence-electron chi connectivity index (χ3n) is 3.03. The van der Waals surface area contributed by atoms with Gasteiger partial charge in [0.05, 0.1) is 12.7 Å². The molecule has 0 atom stereocenters. The smallest absolute Gasteiger partial charge is 0.0662 e. The highest BCUT2D eigenvalue weighted by atomic mass is 15.3. The molecule has 3 heteroatoms. The van der Waals surface area contributed by atoms with Crippen LogP contribution in [0, 0.1) is 13.8 Å². The van der Waals surface area contributed by atoms with Crippen LogP contribution in [0.15, 0.2) is 30.5 Å². The molecule has 2 rings (SSSR count). The predicted octanol–water partition coefficient (Wildman–Crippen LogP) is 2.27. The van der Waals surface area contributed by atoms with Gasteiger partial charge in [-0.05, 0) is 26.5 Å². The lowest BCUT2D eigenvalue weighted by Crippen LogP contribution is -2.08. The summed E-state index contributed by atoms with van der Waals surface area (Å²) in [6.07, 6.45) is 1.94. The Morgan fingerprint density at radius 1 is 1.18 bits per heavy atom. The van der Waals surface area contributed by atoms with E-state index in [9.17, 15) is 0 Å². The number of aromatic nitrogens is 2. The lowest BCUT2D eigenvalue weighted by molar-refractivity contribution is 0.661. The van der Waals surface area contributed by atoms with E-state index in [1.54, 1.807) is 0 Å². The van der Waals surface area contributed by atoms with Gasteiger partial charge in [0, 0.05) is 17.8 Å². The van der Waals surface area contributed by atoms with Crippen LogP contribution in [0.5, 0.6) is 0 Å². The van der Waals surface area contributed by atoms with Crippen molar-refractivity contribution in [3.63, 3.8) is 0 Å². The van der Waals surface area contributed by atoms with Crippen molar-refractivity contribution in [1.82, 2.24) is 15.1 Å². The van der Waals surface area contributed by atoms with E-state index in [1.165, 1.54) is 22.4 Å². The molecule has 1 N–H and O–H groups in total. The van der Waals surface area contributed by atoms with Crippen LogP contribution in [0.25, 0.3) is 0 Å². The first-order valence-corrected chi connectivity index (χ1v) is 5.92. The Bertz CT molecular complexity index is 483. The highest BCUT2D eigenvalue weighted by Crippen LogP contribution is 2.10. The molecule has 0 fully saturated rings. The van der Waals surface area contributed by atoms with Crippen molar-refractivity contribution in [3.8, 4) is 0 Å². The number of benzene rings is 1. The van der Waals surface area contributed by atoms with Gasteiger partial charge in [0.2, 0.25) is 0 Å². The topological polar surface area (TPSA) is 29.9 Å². The molecule has 1 aromatic carbocycles. The molecule has 1 aromatic heterocycles. The maximum absolute atomic E-state index is 4.43. The largest absolute Gasteiger partial charge is 0.316 e. The van der Waals surface area contributed by atoms with E-state index < -0.39 is 0 Å². The number of rotatable bonds is 4. The van der Waals surface area contributed by atoms with Gasteiger partial charge in [-0.3, -0.25) is 4.68 Å². The Morgan fingerprint density at radius 3 is 2.53 bits per heavy atom. The van der Waals surface area contributed by atoms with Gasteiger partial charge < -0.3 is 5.32 Å². The zero-order valence-electron chi connectivity index (χ0n) is 10.7. The molecule has 1 heterocycles. The van der Waals surface area contributed by atoms with Gasteiger partial charge in [0.15, 0.2) is 0 Å². The normalized spacial score (nSPS) is 10.8. The Labute approximate surface area is 102 Å². The minimum atomic E-state index is 0.843. The summed E-state index contributed by atoms with van der Waals surface area (Å²) in [7, 11) is 1.96. The average molecular weight is 229 g/mol. The number of nitrogens with zero attached hydrogens (tertiary/aromatic N) is 2. The van der Waals surface area contributed by atoms with Crippen molar-refractivity contribution in [2.24, 2.45) is 0 Å². The fourth-order valence-corrected chi connectivity index (χ4v) is 1.88. The fourth-order valence-electron chi connectivity index (χ4n) is 1.88. The highest BCUT2D eigenvalue weighted by molar-refractivity contribution is 5.23. The Balaban J connectivity index is 2.16. The first-order chi connectivity index (χ1) is 8.20. The molecule has 0 spiro atoms. The predicted molar refractivity (Wildman–Crippen MR) is 70.0 cm³/mol. The van der Waals surface area contributed by atoms with E-state index in [0.29, 0.717) is 0 Å². The van der Waals surface area contributed by atoms with E-state index in [1.807, 2.05) is 13.2 Å². The molecule has 0 aliphatic rings. The van der Waals surface area contributed by atoms with Crippen LogP contribution in [-0.4, -0.2) is 16.8 Å². The molecule has 90 valence electrons. The van der Waals surface area contributed by atoms with Crippen LogP contribution in [0.2, 0.25) is 0 Å². The maximum Gasteiger partial charge on any atom is 0.0662 e. The minimum absolute atomic E-state index is 0.843. The van der Waals surface area contributed by atoms with Crippen LogP contribution in [-0.2, 0) is 13.1 Å². The minimum Gasteiger partial charge on any atom is -0.316 e. The summed E-state index contributed by atoms with van der Waals surface area (Å²) in [6, 6.07) is 8.60. The summed E-state index contributed by atoms with van der Waals surface area (Å²) in [5.41, 5.74) is 5.08. The third-order valence-corrected chi connectivity index (χ3v) is 3.03. The van der Waals surface area contributed by atoms with Crippen molar-refractivity contribution in [3.05, 3.63) is 52.8 Å². The van der Waals surface area contributed by atoms with E-state index in [4.69, 9.17) is 0 Å². The summed E-state index contributed by atoms with van der Waals surface area (Å²) in [5, 5.41) is 7.58. The van der Waals surface area contributed by atoms with Crippen molar-refractivity contribution in [1.29, 1.82) is 0 Å². The van der Waals surface area contributed by atoms with E-state index in [0.717, 1.165) is 13.1 Å². The molecular formula is C14H19N3. The second-order valence-corrected chi connectivity index (χ2v) is 4.43. The lowest BCUT2D eigenvalue weighted by atomic mass is 10.1. The molecule has 0 aliphatic carbocycles. The summed E-state index contributed by atoms with van der Waals surface area (Å²) < 4.78 is 2.05. The van der Waals surface area contributed by atoms with Crippen LogP contribution < -0.4 is 5.32 Å². The summed E-state index contributed by atoms with van der Waals surface area (Å²) >= 11 is 0. The first kappa shape index (κ1) is 11.9. The second-order valence-electron chi connectivity index (χ2n) is 4.43. The lowest BCUT2D eigenvalue weighted by Gasteiger charge is -2.06. The van der Waals surface area contributed by atoms with Gasteiger partial charge in [0.1, 0.15) is 0 Å². The van der Waals surface area contributed by atoms with Gasteiger partial charge in [-0.2, -0.15) is 5.10 Å². The van der Waals surface area contributed by atoms with Crippen LogP contribution in [0.3, 0.4) is 0 Å². The van der Waals surface area contributed by atoms with Crippen LogP contribution in [0.1, 0.15) is 22.4 Å².